The second-order valence-corrected chi connectivity index (χ2v) is 5.40. The largest absolute Gasteiger partial charge is 0.478 e. The molecule has 0 aliphatic rings. The van der Waals surface area contributed by atoms with Gasteiger partial charge in [0, 0.05) is 16.3 Å². The predicted octanol–water partition coefficient (Wildman–Crippen LogP) is 3.91. The van der Waals surface area contributed by atoms with Gasteiger partial charge in [-0.3, -0.25) is 0 Å². The molecule has 2 rings (SSSR count). The van der Waals surface area contributed by atoms with Gasteiger partial charge in [0.25, 0.3) is 0 Å². The van der Waals surface area contributed by atoms with Gasteiger partial charge < -0.3 is 10.8 Å². The Morgan fingerprint density at radius 1 is 1.21 bits per heavy atom. The smallest absolute Gasteiger partial charge is 0.335 e. The highest BCUT2D eigenvalue weighted by Crippen LogP contribution is 2.31. The Kier molecular flexibility index (Phi) is 4.35. The first kappa shape index (κ1) is 13.8. The Hall–Kier alpha value is -1.65. The summed E-state index contributed by atoms with van der Waals surface area (Å²) in [6, 6.07) is 12.2. The normalized spacial score (nSPS) is 10.4. The topological polar surface area (TPSA) is 63.3 Å². The van der Waals surface area contributed by atoms with Crippen LogP contribution in [0.4, 0.5) is 5.69 Å². The summed E-state index contributed by atoms with van der Waals surface area (Å²) in [7, 11) is 0. The number of carboxylic acids is 1. The zero-order chi connectivity index (χ0) is 13.8. The van der Waals surface area contributed by atoms with Crippen molar-refractivity contribution in [3.63, 3.8) is 0 Å². The van der Waals surface area contributed by atoms with Crippen LogP contribution in [0.3, 0.4) is 0 Å². The number of halogens is 1. The zero-order valence-corrected chi connectivity index (χ0v) is 11.5. The van der Waals surface area contributed by atoms with Gasteiger partial charge in [-0.15, -0.1) is 11.8 Å². The van der Waals surface area contributed by atoms with Crippen LogP contribution in [0.1, 0.15) is 15.9 Å². The first-order valence-corrected chi connectivity index (χ1v) is 6.92. The summed E-state index contributed by atoms with van der Waals surface area (Å²) in [5, 5.41) is 9.44. The van der Waals surface area contributed by atoms with E-state index in [1.807, 2.05) is 24.3 Å². The Morgan fingerprint density at radius 3 is 2.47 bits per heavy atom. The molecule has 0 bridgehead atoms. The van der Waals surface area contributed by atoms with Crippen LogP contribution in [-0.4, -0.2) is 11.1 Å². The molecule has 0 unspecified atom stereocenters. The maximum atomic E-state index is 10.7. The summed E-state index contributed by atoms with van der Waals surface area (Å²) in [4.78, 5) is 11.7. The second kappa shape index (κ2) is 5.99. The fourth-order valence-corrected chi connectivity index (χ4v) is 2.77. The predicted molar refractivity (Wildman–Crippen MR) is 78.8 cm³/mol. The molecule has 2 aromatic rings. The number of hydrogen-bond donors (Lipinski definition) is 2. The highest BCUT2D eigenvalue weighted by atomic mass is 35.5. The van der Waals surface area contributed by atoms with E-state index in [9.17, 15) is 4.79 Å². The van der Waals surface area contributed by atoms with Crippen molar-refractivity contribution in [2.75, 3.05) is 5.73 Å². The van der Waals surface area contributed by atoms with Crippen molar-refractivity contribution in [3.8, 4) is 0 Å². The number of hydrogen-bond acceptors (Lipinski definition) is 3. The lowest BCUT2D eigenvalue weighted by Crippen LogP contribution is -1.95. The molecular weight excluding hydrogens is 282 g/mol. The summed E-state index contributed by atoms with van der Waals surface area (Å²) in [6.07, 6.45) is 0. The standard InChI is InChI=1S/C14H12ClNO2S/c15-12-7-11(16)5-6-13(12)19-8-9-1-3-10(4-2-9)14(17)18/h1-7H,8,16H2,(H,17,18). The van der Waals surface area contributed by atoms with E-state index in [1.54, 1.807) is 30.0 Å². The van der Waals surface area contributed by atoms with Crippen molar-refractivity contribution in [2.24, 2.45) is 0 Å². The van der Waals surface area contributed by atoms with Crippen LogP contribution in [0.15, 0.2) is 47.4 Å². The van der Waals surface area contributed by atoms with Crippen LogP contribution < -0.4 is 5.73 Å². The Balaban J connectivity index is 2.04. The molecule has 0 fully saturated rings. The van der Waals surface area contributed by atoms with Gasteiger partial charge in [0.1, 0.15) is 0 Å². The van der Waals surface area contributed by atoms with E-state index in [4.69, 9.17) is 22.4 Å². The third kappa shape index (κ3) is 3.66. The van der Waals surface area contributed by atoms with E-state index in [2.05, 4.69) is 0 Å². The van der Waals surface area contributed by atoms with Gasteiger partial charge in [-0.25, -0.2) is 4.79 Å². The Bertz CT molecular complexity index is 599. The van der Waals surface area contributed by atoms with Crippen molar-refractivity contribution in [3.05, 3.63) is 58.6 Å². The number of thioether (sulfide) groups is 1. The van der Waals surface area contributed by atoms with E-state index >= 15 is 0 Å². The number of aromatic carboxylic acids is 1. The summed E-state index contributed by atoms with van der Waals surface area (Å²) in [5.41, 5.74) is 7.60. The number of carbonyl (C=O) groups is 1. The molecule has 0 spiro atoms. The molecule has 0 aliphatic carbocycles. The van der Waals surface area contributed by atoms with E-state index in [-0.39, 0.29) is 0 Å². The minimum absolute atomic E-state index is 0.291. The molecule has 3 N–H and O–H groups in total. The van der Waals surface area contributed by atoms with Crippen molar-refractivity contribution in [2.45, 2.75) is 10.6 Å². The molecule has 0 radical (unpaired) electrons. The maximum absolute atomic E-state index is 10.7. The fourth-order valence-electron chi connectivity index (χ4n) is 1.54. The number of carboxylic acid groups (broad SMARTS) is 1. The van der Waals surface area contributed by atoms with Crippen LogP contribution in [0.2, 0.25) is 5.02 Å². The van der Waals surface area contributed by atoms with Crippen LogP contribution in [0.25, 0.3) is 0 Å². The van der Waals surface area contributed by atoms with Gasteiger partial charge in [0.15, 0.2) is 0 Å². The van der Waals surface area contributed by atoms with E-state index in [0.717, 1.165) is 16.2 Å². The van der Waals surface area contributed by atoms with Gasteiger partial charge in [-0.2, -0.15) is 0 Å². The molecule has 3 nitrogen and oxygen atoms in total. The zero-order valence-electron chi connectivity index (χ0n) is 9.97. The van der Waals surface area contributed by atoms with E-state index in [1.165, 1.54) is 0 Å². The lowest BCUT2D eigenvalue weighted by molar-refractivity contribution is 0.0697. The number of rotatable bonds is 4. The summed E-state index contributed by atoms with van der Waals surface area (Å²) in [6.45, 7) is 0. The SMILES string of the molecule is Nc1ccc(SCc2ccc(C(=O)O)cc2)c(Cl)c1. The number of nitrogen functional groups attached to an aromatic ring is 1. The monoisotopic (exact) mass is 293 g/mol. The Morgan fingerprint density at radius 2 is 1.89 bits per heavy atom. The minimum Gasteiger partial charge on any atom is -0.478 e. The third-order valence-electron chi connectivity index (χ3n) is 2.55. The highest BCUT2D eigenvalue weighted by Gasteiger charge is 2.04. The summed E-state index contributed by atoms with van der Waals surface area (Å²) >= 11 is 7.67. The molecule has 0 aliphatic heterocycles. The number of benzene rings is 2. The average molecular weight is 294 g/mol. The van der Waals surface area contributed by atoms with Gasteiger partial charge in [-0.05, 0) is 35.9 Å². The molecule has 0 amide bonds. The van der Waals surface area contributed by atoms with E-state index in [0.29, 0.717) is 16.3 Å². The van der Waals surface area contributed by atoms with Crippen molar-refractivity contribution < 1.29 is 9.90 Å². The third-order valence-corrected chi connectivity index (χ3v) is 4.12. The Labute approximate surface area is 120 Å². The number of nitrogens with two attached hydrogens (primary N) is 1. The molecule has 98 valence electrons. The quantitative estimate of drug-likeness (QED) is 0.662. The average Bonchev–Trinajstić information content (AvgIpc) is 2.38. The fraction of sp³-hybridized carbons (Fsp3) is 0.0714. The molecule has 0 saturated heterocycles. The van der Waals surface area contributed by atoms with Gasteiger partial charge in [-0.1, -0.05) is 23.7 Å². The maximum Gasteiger partial charge on any atom is 0.335 e. The number of anilines is 1. The van der Waals surface area contributed by atoms with Gasteiger partial charge in [0.05, 0.1) is 10.6 Å². The van der Waals surface area contributed by atoms with Gasteiger partial charge >= 0.3 is 5.97 Å². The van der Waals surface area contributed by atoms with Crippen LogP contribution >= 0.6 is 23.4 Å². The summed E-state index contributed by atoms with van der Waals surface area (Å²) in [5.74, 6) is -0.190. The van der Waals surface area contributed by atoms with Crippen molar-refractivity contribution in [1.29, 1.82) is 0 Å². The first-order valence-electron chi connectivity index (χ1n) is 5.56. The molecule has 0 heterocycles. The molecule has 0 saturated carbocycles. The molecule has 0 atom stereocenters. The van der Waals surface area contributed by atoms with Crippen molar-refractivity contribution >= 4 is 35.0 Å². The van der Waals surface area contributed by atoms with E-state index < -0.39 is 5.97 Å². The first-order chi connectivity index (χ1) is 9.06. The van der Waals surface area contributed by atoms with Gasteiger partial charge in [0.2, 0.25) is 0 Å². The molecule has 5 heteroatoms. The van der Waals surface area contributed by atoms with Crippen LogP contribution in [0.5, 0.6) is 0 Å². The van der Waals surface area contributed by atoms with Crippen LogP contribution in [0, 0.1) is 0 Å². The molecule has 0 aromatic heterocycles. The lowest BCUT2D eigenvalue weighted by atomic mass is 10.1. The van der Waals surface area contributed by atoms with Crippen molar-refractivity contribution in [1.82, 2.24) is 0 Å². The summed E-state index contributed by atoms with van der Waals surface area (Å²) < 4.78 is 0. The lowest BCUT2D eigenvalue weighted by Gasteiger charge is -2.05. The molecular formula is C14H12ClNO2S. The van der Waals surface area contributed by atoms with Crippen LogP contribution in [-0.2, 0) is 5.75 Å². The highest BCUT2D eigenvalue weighted by molar-refractivity contribution is 7.98. The minimum atomic E-state index is -0.916. The molecule has 2 aromatic carbocycles. The molecule has 19 heavy (non-hydrogen) atoms. The second-order valence-electron chi connectivity index (χ2n) is 3.98.